The van der Waals surface area contributed by atoms with Gasteiger partial charge in [-0.2, -0.15) is 13.2 Å². The monoisotopic (exact) mass is 311 g/mol. The fraction of sp³-hybridized carbons (Fsp3) is 0.143. The van der Waals surface area contributed by atoms with Gasteiger partial charge in [0.1, 0.15) is 5.84 Å². The van der Waals surface area contributed by atoms with Crippen molar-refractivity contribution in [2.45, 2.75) is 17.0 Å². The van der Waals surface area contributed by atoms with E-state index in [1.165, 1.54) is 17.8 Å². The Kier molecular flexibility index (Phi) is 4.52. The van der Waals surface area contributed by atoms with Gasteiger partial charge in [-0.1, -0.05) is 24.3 Å². The molecule has 0 amide bonds. The first kappa shape index (κ1) is 15.4. The lowest BCUT2D eigenvalue weighted by atomic mass is 10.1. The average Bonchev–Trinajstić information content (AvgIpc) is 2.45. The molecule has 1 aromatic heterocycles. The highest BCUT2D eigenvalue weighted by Crippen LogP contribution is 2.30. The van der Waals surface area contributed by atoms with E-state index in [4.69, 9.17) is 11.1 Å². The van der Waals surface area contributed by atoms with Crippen molar-refractivity contribution in [2.75, 3.05) is 0 Å². The third-order valence-electron chi connectivity index (χ3n) is 2.72. The number of hydrogen-bond donors (Lipinski definition) is 2. The molecule has 110 valence electrons. The zero-order chi connectivity index (χ0) is 15.5. The van der Waals surface area contributed by atoms with Gasteiger partial charge in [-0.3, -0.25) is 5.41 Å². The van der Waals surface area contributed by atoms with E-state index in [0.29, 0.717) is 16.3 Å². The summed E-state index contributed by atoms with van der Waals surface area (Å²) >= 11 is 1.34. The maximum absolute atomic E-state index is 12.4. The number of alkyl halides is 3. The van der Waals surface area contributed by atoms with Gasteiger partial charge in [-0.15, -0.1) is 11.8 Å². The Morgan fingerprint density at radius 1 is 1.14 bits per heavy atom. The molecule has 0 saturated carbocycles. The van der Waals surface area contributed by atoms with Crippen molar-refractivity contribution < 1.29 is 13.2 Å². The zero-order valence-corrected chi connectivity index (χ0v) is 11.6. The molecule has 7 heteroatoms. The van der Waals surface area contributed by atoms with E-state index in [1.807, 2.05) is 12.1 Å². The van der Waals surface area contributed by atoms with Crippen molar-refractivity contribution in [1.82, 2.24) is 4.98 Å². The summed E-state index contributed by atoms with van der Waals surface area (Å²) in [5.41, 5.74) is 6.22. The molecule has 21 heavy (non-hydrogen) atoms. The Labute approximate surface area is 123 Å². The van der Waals surface area contributed by atoms with Crippen LogP contribution in [-0.4, -0.2) is 10.8 Å². The molecule has 0 saturated heterocycles. The van der Waals surface area contributed by atoms with Crippen LogP contribution in [0.4, 0.5) is 13.2 Å². The molecule has 0 spiro atoms. The highest BCUT2D eigenvalue weighted by atomic mass is 32.2. The molecule has 0 radical (unpaired) electrons. The van der Waals surface area contributed by atoms with Gasteiger partial charge in [0.05, 0.1) is 10.6 Å². The number of amidine groups is 1. The number of nitrogens with two attached hydrogens (primary N) is 1. The summed E-state index contributed by atoms with van der Waals surface area (Å²) in [4.78, 5) is 3.79. The Bertz CT molecular complexity index is 621. The number of nitrogens with one attached hydrogen (secondary N) is 1. The van der Waals surface area contributed by atoms with Gasteiger partial charge < -0.3 is 5.73 Å². The first-order chi connectivity index (χ1) is 9.86. The van der Waals surface area contributed by atoms with E-state index < -0.39 is 11.7 Å². The first-order valence-corrected chi connectivity index (χ1v) is 6.94. The Morgan fingerprint density at radius 3 is 2.29 bits per heavy atom. The SMILES string of the molecule is N=C(N)c1ccc(CSc2ccc(C(F)(F)F)cn2)cc1. The molecular formula is C14H12F3N3S. The van der Waals surface area contributed by atoms with Crippen LogP contribution in [0.1, 0.15) is 16.7 Å². The van der Waals surface area contributed by atoms with Crippen molar-refractivity contribution >= 4 is 17.6 Å². The number of nitrogen functional groups attached to an aromatic ring is 1. The zero-order valence-electron chi connectivity index (χ0n) is 10.8. The van der Waals surface area contributed by atoms with Crippen molar-refractivity contribution in [3.05, 3.63) is 59.3 Å². The number of rotatable bonds is 4. The second kappa shape index (κ2) is 6.17. The molecule has 3 N–H and O–H groups in total. The van der Waals surface area contributed by atoms with E-state index in [9.17, 15) is 13.2 Å². The van der Waals surface area contributed by atoms with Gasteiger partial charge in [0.15, 0.2) is 0 Å². The molecule has 3 nitrogen and oxygen atoms in total. The van der Waals surface area contributed by atoms with Crippen LogP contribution in [0.25, 0.3) is 0 Å². The second-order valence-corrected chi connectivity index (χ2v) is 5.28. The van der Waals surface area contributed by atoms with E-state index >= 15 is 0 Å². The minimum Gasteiger partial charge on any atom is -0.384 e. The van der Waals surface area contributed by atoms with Gasteiger partial charge in [-0.05, 0) is 17.7 Å². The van der Waals surface area contributed by atoms with Crippen molar-refractivity contribution in [3.63, 3.8) is 0 Å². The topological polar surface area (TPSA) is 62.8 Å². The van der Waals surface area contributed by atoms with Crippen LogP contribution in [0.5, 0.6) is 0 Å². The molecule has 1 aromatic carbocycles. The van der Waals surface area contributed by atoms with Crippen LogP contribution in [0.3, 0.4) is 0 Å². The summed E-state index contributed by atoms with van der Waals surface area (Å²) in [6.45, 7) is 0. The second-order valence-electron chi connectivity index (χ2n) is 4.28. The number of thioether (sulfide) groups is 1. The standard InChI is InChI=1S/C14H12F3N3S/c15-14(16,17)11-5-6-12(20-7-11)21-8-9-1-3-10(4-2-9)13(18)19/h1-7H,8H2,(H3,18,19). The molecule has 0 aliphatic carbocycles. The Morgan fingerprint density at radius 2 is 1.81 bits per heavy atom. The summed E-state index contributed by atoms with van der Waals surface area (Å²) in [5.74, 6) is 0.579. The summed E-state index contributed by atoms with van der Waals surface area (Å²) < 4.78 is 37.2. The van der Waals surface area contributed by atoms with E-state index in [2.05, 4.69) is 4.98 Å². The minimum absolute atomic E-state index is 0.00129. The van der Waals surface area contributed by atoms with Crippen LogP contribution in [-0.2, 0) is 11.9 Å². The molecule has 0 unspecified atom stereocenters. The summed E-state index contributed by atoms with van der Waals surface area (Å²) in [6.07, 6.45) is -3.53. The normalized spacial score (nSPS) is 11.4. The van der Waals surface area contributed by atoms with Crippen molar-refractivity contribution in [1.29, 1.82) is 5.41 Å². The molecule has 1 heterocycles. The summed E-state index contributed by atoms with van der Waals surface area (Å²) in [5, 5.41) is 7.81. The number of nitrogens with zero attached hydrogens (tertiary/aromatic N) is 1. The van der Waals surface area contributed by atoms with Gasteiger partial charge in [0, 0.05) is 17.5 Å². The van der Waals surface area contributed by atoms with E-state index in [-0.39, 0.29) is 5.84 Å². The maximum atomic E-state index is 12.4. The van der Waals surface area contributed by atoms with E-state index in [1.54, 1.807) is 12.1 Å². The number of benzene rings is 1. The van der Waals surface area contributed by atoms with Crippen LogP contribution < -0.4 is 5.73 Å². The van der Waals surface area contributed by atoms with Crippen LogP contribution in [0.15, 0.2) is 47.6 Å². The van der Waals surface area contributed by atoms with Crippen LogP contribution in [0, 0.1) is 5.41 Å². The quantitative estimate of drug-likeness (QED) is 0.514. The van der Waals surface area contributed by atoms with Gasteiger partial charge in [0.2, 0.25) is 0 Å². The minimum atomic E-state index is -4.36. The Hall–Kier alpha value is -2.02. The van der Waals surface area contributed by atoms with Gasteiger partial charge in [0.25, 0.3) is 0 Å². The number of hydrogen-bond acceptors (Lipinski definition) is 3. The highest BCUT2D eigenvalue weighted by Gasteiger charge is 2.30. The molecule has 0 fully saturated rings. The molecule has 0 bridgehead atoms. The first-order valence-electron chi connectivity index (χ1n) is 5.95. The molecule has 0 aliphatic rings. The lowest BCUT2D eigenvalue weighted by Gasteiger charge is -2.07. The number of halogens is 3. The third kappa shape index (κ3) is 4.22. The number of pyridine rings is 1. The lowest BCUT2D eigenvalue weighted by Crippen LogP contribution is -2.10. The smallest absolute Gasteiger partial charge is 0.384 e. The summed E-state index contributed by atoms with van der Waals surface area (Å²) in [6, 6.07) is 9.50. The predicted molar refractivity (Wildman–Crippen MR) is 76.3 cm³/mol. The molecule has 0 atom stereocenters. The third-order valence-corrected chi connectivity index (χ3v) is 3.73. The predicted octanol–water partition coefficient (Wildman–Crippen LogP) is 3.68. The molecule has 0 aliphatic heterocycles. The van der Waals surface area contributed by atoms with Crippen molar-refractivity contribution in [3.8, 4) is 0 Å². The lowest BCUT2D eigenvalue weighted by molar-refractivity contribution is -0.137. The highest BCUT2D eigenvalue weighted by molar-refractivity contribution is 7.98. The largest absolute Gasteiger partial charge is 0.417 e. The fourth-order valence-electron chi connectivity index (χ4n) is 1.57. The molecule has 2 rings (SSSR count). The average molecular weight is 311 g/mol. The number of aromatic nitrogens is 1. The Balaban J connectivity index is 1.98. The van der Waals surface area contributed by atoms with Crippen LogP contribution >= 0.6 is 11.8 Å². The van der Waals surface area contributed by atoms with E-state index in [0.717, 1.165) is 17.8 Å². The maximum Gasteiger partial charge on any atom is 0.417 e. The fourth-order valence-corrected chi connectivity index (χ4v) is 2.37. The van der Waals surface area contributed by atoms with Gasteiger partial charge >= 0.3 is 6.18 Å². The van der Waals surface area contributed by atoms with Crippen LogP contribution in [0.2, 0.25) is 0 Å². The molecule has 2 aromatic rings. The van der Waals surface area contributed by atoms with Gasteiger partial charge in [-0.25, -0.2) is 4.98 Å². The summed E-state index contributed by atoms with van der Waals surface area (Å²) in [7, 11) is 0. The van der Waals surface area contributed by atoms with Crippen molar-refractivity contribution in [2.24, 2.45) is 5.73 Å². The molecular weight excluding hydrogens is 299 g/mol.